The van der Waals surface area contributed by atoms with Crippen molar-refractivity contribution in [1.82, 2.24) is 4.73 Å². The molecule has 0 saturated carbocycles. The number of hydrogen-bond donors (Lipinski definition) is 3. The number of carbonyl (C=O) groups excluding carboxylic acids is 1. The molecule has 1 aromatic rings. The summed E-state index contributed by atoms with van der Waals surface area (Å²) in [5.74, 6) is -0.752. The van der Waals surface area contributed by atoms with Gasteiger partial charge < -0.3 is 20.2 Å². The molecule has 84 valence electrons. The zero-order valence-corrected chi connectivity index (χ0v) is 8.25. The van der Waals surface area contributed by atoms with Gasteiger partial charge in [-0.1, -0.05) is 0 Å². The van der Waals surface area contributed by atoms with E-state index in [4.69, 9.17) is 10.2 Å². The Morgan fingerprint density at radius 1 is 1.67 bits per heavy atom. The molecule has 0 amide bonds. The first-order valence-electron chi connectivity index (χ1n) is 4.39. The minimum absolute atomic E-state index is 0.0161. The topological polar surface area (TPSA) is 91.9 Å². The summed E-state index contributed by atoms with van der Waals surface area (Å²) in [4.78, 5) is 11.3. The lowest BCUT2D eigenvalue weighted by molar-refractivity contribution is 0.00665. The van der Waals surface area contributed by atoms with Crippen LogP contribution < -0.4 is 0 Å². The van der Waals surface area contributed by atoms with E-state index >= 15 is 0 Å². The zero-order valence-electron chi connectivity index (χ0n) is 8.25. The maximum atomic E-state index is 11.3. The quantitative estimate of drug-likeness (QED) is 0.467. The molecule has 1 rings (SSSR count). The highest BCUT2D eigenvalue weighted by Crippen LogP contribution is 2.07. The maximum Gasteiger partial charge on any atom is 0.358 e. The van der Waals surface area contributed by atoms with E-state index < -0.39 is 18.7 Å². The highest BCUT2D eigenvalue weighted by atomic mass is 16.5. The molecule has 0 aliphatic carbocycles. The van der Waals surface area contributed by atoms with Crippen molar-refractivity contribution in [2.45, 2.75) is 13.0 Å². The van der Waals surface area contributed by atoms with Crippen LogP contribution in [0, 0.1) is 6.92 Å². The van der Waals surface area contributed by atoms with E-state index in [2.05, 4.69) is 4.74 Å². The van der Waals surface area contributed by atoms with Crippen LogP contribution in [0.3, 0.4) is 0 Å². The Balaban J connectivity index is 2.58. The van der Waals surface area contributed by atoms with Crippen LogP contribution in [0.4, 0.5) is 0 Å². The summed E-state index contributed by atoms with van der Waals surface area (Å²) in [5, 5.41) is 26.6. The third-order valence-electron chi connectivity index (χ3n) is 1.76. The van der Waals surface area contributed by atoms with Gasteiger partial charge in [0.15, 0.2) is 5.69 Å². The first-order chi connectivity index (χ1) is 7.04. The molecule has 0 aliphatic heterocycles. The van der Waals surface area contributed by atoms with E-state index in [0.29, 0.717) is 10.3 Å². The second kappa shape index (κ2) is 4.81. The average molecular weight is 215 g/mol. The minimum atomic E-state index is -1.10. The van der Waals surface area contributed by atoms with E-state index in [-0.39, 0.29) is 12.3 Å². The lowest BCUT2D eigenvalue weighted by Gasteiger charge is -2.07. The molecule has 0 radical (unpaired) electrons. The van der Waals surface area contributed by atoms with Gasteiger partial charge in [-0.05, 0) is 18.6 Å². The normalized spacial score (nSPS) is 12.5. The molecule has 0 saturated heterocycles. The molecule has 0 aliphatic rings. The summed E-state index contributed by atoms with van der Waals surface area (Å²) in [6.07, 6.45) is 0.260. The molecule has 0 spiro atoms. The average Bonchev–Trinajstić information content (AvgIpc) is 2.53. The Kier molecular flexibility index (Phi) is 3.70. The van der Waals surface area contributed by atoms with Gasteiger partial charge in [0.25, 0.3) is 0 Å². The molecule has 1 aromatic heterocycles. The number of esters is 1. The Morgan fingerprint density at radius 3 is 2.80 bits per heavy atom. The summed E-state index contributed by atoms with van der Waals surface area (Å²) >= 11 is 0. The van der Waals surface area contributed by atoms with Crippen molar-refractivity contribution in [2.24, 2.45) is 0 Å². The van der Waals surface area contributed by atoms with E-state index in [1.54, 1.807) is 6.92 Å². The molecule has 0 aromatic carbocycles. The highest BCUT2D eigenvalue weighted by molar-refractivity contribution is 5.87. The van der Waals surface area contributed by atoms with Crippen LogP contribution in [-0.4, -0.2) is 45.4 Å². The highest BCUT2D eigenvalue weighted by Gasteiger charge is 2.15. The lowest BCUT2D eigenvalue weighted by Crippen LogP contribution is -2.22. The van der Waals surface area contributed by atoms with Gasteiger partial charge in [0.1, 0.15) is 12.7 Å². The zero-order chi connectivity index (χ0) is 11.4. The fourth-order valence-corrected chi connectivity index (χ4v) is 1.03. The second-order valence-corrected chi connectivity index (χ2v) is 3.18. The van der Waals surface area contributed by atoms with E-state index in [0.717, 1.165) is 0 Å². The van der Waals surface area contributed by atoms with Crippen molar-refractivity contribution in [3.63, 3.8) is 0 Å². The molecule has 0 unspecified atom stereocenters. The number of aliphatic hydroxyl groups is 2. The van der Waals surface area contributed by atoms with Gasteiger partial charge in [-0.25, -0.2) is 4.79 Å². The minimum Gasteiger partial charge on any atom is -0.458 e. The van der Waals surface area contributed by atoms with Crippen LogP contribution in [0.15, 0.2) is 12.3 Å². The van der Waals surface area contributed by atoms with Crippen LogP contribution >= 0.6 is 0 Å². The van der Waals surface area contributed by atoms with Gasteiger partial charge in [0.05, 0.1) is 6.61 Å². The predicted molar refractivity (Wildman–Crippen MR) is 49.7 cm³/mol. The SMILES string of the molecule is Cc1cc(C(=O)OC[C@@H](O)CO)n(O)c1. The Morgan fingerprint density at radius 2 is 2.33 bits per heavy atom. The van der Waals surface area contributed by atoms with Crippen LogP contribution in [-0.2, 0) is 4.74 Å². The molecule has 15 heavy (non-hydrogen) atoms. The van der Waals surface area contributed by atoms with Gasteiger partial charge in [0, 0.05) is 6.20 Å². The smallest absolute Gasteiger partial charge is 0.358 e. The van der Waals surface area contributed by atoms with Crippen LogP contribution in [0.25, 0.3) is 0 Å². The molecule has 1 heterocycles. The summed E-state index contributed by atoms with van der Waals surface area (Å²) in [6.45, 7) is 0.929. The lowest BCUT2D eigenvalue weighted by atomic mass is 10.3. The second-order valence-electron chi connectivity index (χ2n) is 3.18. The number of carbonyl (C=O) groups is 1. The van der Waals surface area contributed by atoms with Crippen molar-refractivity contribution in [3.8, 4) is 0 Å². The Hall–Kier alpha value is -1.53. The largest absolute Gasteiger partial charge is 0.458 e. The van der Waals surface area contributed by atoms with Crippen LogP contribution in [0.2, 0.25) is 0 Å². The third kappa shape index (κ3) is 2.97. The van der Waals surface area contributed by atoms with Crippen molar-refractivity contribution in [1.29, 1.82) is 0 Å². The Labute approximate surface area is 86.3 Å². The first kappa shape index (κ1) is 11.5. The van der Waals surface area contributed by atoms with Crippen molar-refractivity contribution >= 4 is 5.97 Å². The van der Waals surface area contributed by atoms with E-state index in [1.807, 2.05) is 0 Å². The van der Waals surface area contributed by atoms with Gasteiger partial charge in [-0.2, -0.15) is 4.73 Å². The standard InChI is InChI=1S/C9H13NO5/c1-6-2-8(10(14)3-6)9(13)15-5-7(12)4-11/h2-3,7,11-12,14H,4-5H2,1H3/t7-/m0/s1. The molecule has 6 nitrogen and oxygen atoms in total. The number of ether oxygens (including phenoxy) is 1. The van der Waals surface area contributed by atoms with Gasteiger partial charge >= 0.3 is 5.97 Å². The number of nitrogens with zero attached hydrogens (tertiary/aromatic N) is 1. The van der Waals surface area contributed by atoms with Crippen LogP contribution in [0.5, 0.6) is 0 Å². The molecule has 1 atom stereocenters. The molecule has 6 heteroatoms. The molecular weight excluding hydrogens is 202 g/mol. The summed E-state index contributed by atoms with van der Waals surface area (Å²) in [7, 11) is 0. The maximum absolute atomic E-state index is 11.3. The third-order valence-corrected chi connectivity index (χ3v) is 1.76. The summed E-state index contributed by atoms with van der Waals surface area (Å²) in [5.41, 5.74) is 0.699. The van der Waals surface area contributed by atoms with Crippen molar-refractivity contribution < 1.29 is 25.0 Å². The van der Waals surface area contributed by atoms with Gasteiger partial charge in [0.2, 0.25) is 0 Å². The number of aliphatic hydroxyl groups excluding tert-OH is 2. The summed E-state index contributed by atoms with van der Waals surface area (Å²) < 4.78 is 5.30. The number of aromatic nitrogens is 1. The predicted octanol–water partition coefficient (Wildman–Crippen LogP) is -0.456. The monoisotopic (exact) mass is 215 g/mol. The van der Waals surface area contributed by atoms with Crippen LogP contribution in [0.1, 0.15) is 16.1 Å². The molecule has 0 bridgehead atoms. The number of hydrogen-bond acceptors (Lipinski definition) is 5. The van der Waals surface area contributed by atoms with Crippen molar-refractivity contribution in [3.05, 3.63) is 23.5 Å². The number of aryl methyl sites for hydroxylation is 1. The fraction of sp³-hybridized carbons (Fsp3) is 0.444. The molecular formula is C9H13NO5. The van der Waals surface area contributed by atoms with Gasteiger partial charge in [-0.3, -0.25) is 0 Å². The van der Waals surface area contributed by atoms with Gasteiger partial charge in [-0.15, -0.1) is 0 Å². The number of rotatable bonds is 4. The van der Waals surface area contributed by atoms with E-state index in [9.17, 15) is 10.0 Å². The molecule has 0 fully saturated rings. The Bertz CT molecular complexity index is 346. The molecule has 3 N–H and O–H groups in total. The van der Waals surface area contributed by atoms with E-state index in [1.165, 1.54) is 12.3 Å². The van der Waals surface area contributed by atoms with Crippen molar-refractivity contribution in [2.75, 3.05) is 13.2 Å². The first-order valence-corrected chi connectivity index (χ1v) is 4.39. The summed E-state index contributed by atoms with van der Waals surface area (Å²) in [6, 6.07) is 1.45. The fourth-order valence-electron chi connectivity index (χ4n) is 1.03.